The molecule has 0 fully saturated rings. The molecular formula is C43H29NOS. The highest BCUT2D eigenvalue weighted by Crippen LogP contribution is 2.53. The van der Waals surface area contributed by atoms with Crippen molar-refractivity contribution < 1.29 is 4.42 Å². The van der Waals surface area contributed by atoms with Crippen molar-refractivity contribution in [3.05, 3.63) is 151 Å². The van der Waals surface area contributed by atoms with Crippen LogP contribution < -0.4 is 4.90 Å². The summed E-state index contributed by atoms with van der Waals surface area (Å²) in [5.74, 6) is 0. The third kappa shape index (κ3) is 3.41. The largest absolute Gasteiger partial charge is 0.455 e. The molecule has 10 rings (SSSR count). The molecule has 46 heavy (non-hydrogen) atoms. The number of anilines is 3. The summed E-state index contributed by atoms with van der Waals surface area (Å²) >= 11 is 1.87. The Bertz CT molecular complexity index is 2680. The molecule has 0 amide bonds. The lowest BCUT2D eigenvalue weighted by atomic mass is 9.82. The maximum absolute atomic E-state index is 6.86. The molecule has 0 unspecified atom stereocenters. The third-order valence-electron chi connectivity index (χ3n) is 10.0. The molecule has 1 aliphatic rings. The Labute approximate surface area is 270 Å². The minimum absolute atomic E-state index is 0.100. The van der Waals surface area contributed by atoms with Crippen molar-refractivity contribution in [1.29, 1.82) is 0 Å². The highest BCUT2D eigenvalue weighted by Gasteiger charge is 2.36. The van der Waals surface area contributed by atoms with Gasteiger partial charge in [-0.1, -0.05) is 111 Å². The van der Waals surface area contributed by atoms with Crippen LogP contribution in [-0.2, 0) is 5.41 Å². The molecule has 0 bridgehead atoms. The molecule has 0 atom stereocenters. The number of benzene rings is 7. The highest BCUT2D eigenvalue weighted by molar-refractivity contribution is 7.27. The quantitative estimate of drug-likeness (QED) is 0.199. The predicted molar refractivity (Wildman–Crippen MR) is 196 cm³/mol. The Kier molecular flexibility index (Phi) is 5.25. The van der Waals surface area contributed by atoms with Gasteiger partial charge in [0.2, 0.25) is 0 Å². The number of para-hydroxylation sites is 2. The Balaban J connectivity index is 1.34. The fraction of sp³-hybridized carbons (Fsp3) is 0.0698. The molecule has 2 aromatic heterocycles. The Morgan fingerprint density at radius 1 is 0.543 bits per heavy atom. The van der Waals surface area contributed by atoms with Crippen molar-refractivity contribution in [3.63, 3.8) is 0 Å². The molecule has 0 spiro atoms. The second-order valence-corrected chi connectivity index (χ2v) is 13.9. The second-order valence-electron chi connectivity index (χ2n) is 12.9. The summed E-state index contributed by atoms with van der Waals surface area (Å²) in [6.45, 7) is 4.70. The van der Waals surface area contributed by atoms with Crippen LogP contribution in [0.5, 0.6) is 0 Å². The second kappa shape index (κ2) is 9.32. The molecule has 7 aromatic carbocycles. The fourth-order valence-electron chi connectivity index (χ4n) is 7.94. The van der Waals surface area contributed by atoms with E-state index in [0.717, 1.165) is 39.0 Å². The van der Waals surface area contributed by atoms with E-state index in [1.54, 1.807) is 0 Å². The first-order valence-electron chi connectivity index (χ1n) is 15.9. The molecule has 0 saturated heterocycles. The van der Waals surface area contributed by atoms with Crippen molar-refractivity contribution >= 4 is 81.3 Å². The Morgan fingerprint density at radius 3 is 2.15 bits per heavy atom. The van der Waals surface area contributed by atoms with E-state index in [2.05, 4.69) is 158 Å². The Hall–Kier alpha value is -5.38. The van der Waals surface area contributed by atoms with Crippen LogP contribution in [-0.4, -0.2) is 0 Å². The molecule has 218 valence electrons. The van der Waals surface area contributed by atoms with Gasteiger partial charge in [0.25, 0.3) is 0 Å². The van der Waals surface area contributed by atoms with Crippen LogP contribution in [0.3, 0.4) is 0 Å². The molecule has 3 heteroatoms. The zero-order chi connectivity index (χ0) is 30.6. The lowest BCUT2D eigenvalue weighted by molar-refractivity contribution is 0.660. The zero-order valence-electron chi connectivity index (χ0n) is 25.5. The predicted octanol–water partition coefficient (Wildman–Crippen LogP) is 12.9. The van der Waals surface area contributed by atoms with E-state index in [1.165, 1.54) is 53.2 Å². The van der Waals surface area contributed by atoms with Gasteiger partial charge in [-0.05, 0) is 70.1 Å². The van der Waals surface area contributed by atoms with Crippen LogP contribution in [0.15, 0.2) is 144 Å². The van der Waals surface area contributed by atoms with Crippen molar-refractivity contribution in [1.82, 2.24) is 0 Å². The summed E-state index contributed by atoms with van der Waals surface area (Å²) in [5, 5.41) is 7.30. The maximum atomic E-state index is 6.86. The van der Waals surface area contributed by atoms with E-state index in [4.69, 9.17) is 4.42 Å². The van der Waals surface area contributed by atoms with E-state index in [9.17, 15) is 0 Å². The summed E-state index contributed by atoms with van der Waals surface area (Å²) in [5.41, 5.74) is 10.5. The highest BCUT2D eigenvalue weighted by atomic mass is 32.1. The average Bonchev–Trinajstić information content (AvgIpc) is 3.74. The number of hydrogen-bond donors (Lipinski definition) is 0. The maximum Gasteiger partial charge on any atom is 0.146 e. The van der Waals surface area contributed by atoms with Gasteiger partial charge in [-0.3, -0.25) is 0 Å². The van der Waals surface area contributed by atoms with Gasteiger partial charge in [0.15, 0.2) is 0 Å². The van der Waals surface area contributed by atoms with Crippen LogP contribution in [0, 0.1) is 0 Å². The first-order chi connectivity index (χ1) is 22.6. The van der Waals surface area contributed by atoms with E-state index in [-0.39, 0.29) is 5.41 Å². The first kappa shape index (κ1) is 25.9. The number of furan rings is 1. The van der Waals surface area contributed by atoms with Crippen molar-refractivity contribution in [2.45, 2.75) is 19.3 Å². The summed E-state index contributed by atoms with van der Waals surface area (Å²) in [7, 11) is 0. The number of nitrogens with zero attached hydrogens (tertiary/aromatic N) is 1. The van der Waals surface area contributed by atoms with Crippen LogP contribution in [0.25, 0.3) is 64.0 Å². The standard InChI is InChI=1S/C43H29NOS/c1-43(2)33-19-9-6-15-28(33)29-24-23-27(25-34(29)43)44(26-13-4-3-5-14-26)35-20-12-18-32-38-31-17-8-11-22-37(31)46-42(38)40-30-16-7-10-21-36(30)45-41(40)39(32)35/h3-25H,1-2H3. The number of rotatable bonds is 3. The summed E-state index contributed by atoms with van der Waals surface area (Å²) < 4.78 is 9.44. The summed E-state index contributed by atoms with van der Waals surface area (Å²) in [6, 6.07) is 50.7. The van der Waals surface area contributed by atoms with E-state index in [1.807, 2.05) is 11.3 Å². The molecule has 2 heterocycles. The average molecular weight is 608 g/mol. The summed E-state index contributed by atoms with van der Waals surface area (Å²) in [4.78, 5) is 2.43. The van der Waals surface area contributed by atoms with E-state index < -0.39 is 0 Å². The normalized spacial score (nSPS) is 13.6. The van der Waals surface area contributed by atoms with Gasteiger partial charge >= 0.3 is 0 Å². The summed E-state index contributed by atoms with van der Waals surface area (Å²) in [6.07, 6.45) is 0. The Morgan fingerprint density at radius 2 is 1.26 bits per heavy atom. The van der Waals surface area contributed by atoms with Gasteiger partial charge in [-0.15, -0.1) is 11.3 Å². The van der Waals surface area contributed by atoms with Crippen LogP contribution in [0.1, 0.15) is 25.0 Å². The van der Waals surface area contributed by atoms with Gasteiger partial charge in [0.1, 0.15) is 11.2 Å². The van der Waals surface area contributed by atoms with Crippen molar-refractivity contribution in [3.8, 4) is 11.1 Å². The van der Waals surface area contributed by atoms with E-state index in [0.29, 0.717) is 0 Å². The van der Waals surface area contributed by atoms with E-state index >= 15 is 0 Å². The first-order valence-corrected chi connectivity index (χ1v) is 16.7. The van der Waals surface area contributed by atoms with Crippen LogP contribution in [0.4, 0.5) is 17.1 Å². The molecule has 0 aliphatic heterocycles. The van der Waals surface area contributed by atoms with Gasteiger partial charge in [-0.25, -0.2) is 0 Å². The minimum Gasteiger partial charge on any atom is -0.455 e. The molecule has 9 aromatic rings. The fourth-order valence-corrected chi connectivity index (χ4v) is 9.22. The van der Waals surface area contributed by atoms with Gasteiger partial charge in [0, 0.05) is 53.1 Å². The number of fused-ring (bicyclic) bond motifs is 13. The number of hydrogen-bond acceptors (Lipinski definition) is 3. The third-order valence-corrected chi connectivity index (χ3v) is 11.2. The molecule has 0 N–H and O–H groups in total. The molecule has 0 radical (unpaired) electrons. The molecule has 2 nitrogen and oxygen atoms in total. The molecule has 0 saturated carbocycles. The number of thiophene rings is 1. The van der Waals surface area contributed by atoms with Crippen LogP contribution in [0.2, 0.25) is 0 Å². The van der Waals surface area contributed by atoms with Crippen molar-refractivity contribution in [2.24, 2.45) is 0 Å². The van der Waals surface area contributed by atoms with Gasteiger partial charge in [0.05, 0.1) is 5.69 Å². The van der Waals surface area contributed by atoms with Crippen LogP contribution >= 0.6 is 11.3 Å². The minimum atomic E-state index is -0.100. The molecular weight excluding hydrogens is 579 g/mol. The zero-order valence-corrected chi connectivity index (χ0v) is 26.4. The monoisotopic (exact) mass is 607 g/mol. The lowest BCUT2D eigenvalue weighted by Crippen LogP contribution is -2.16. The topological polar surface area (TPSA) is 16.4 Å². The smallest absolute Gasteiger partial charge is 0.146 e. The lowest BCUT2D eigenvalue weighted by Gasteiger charge is -2.29. The SMILES string of the molecule is CC1(C)c2ccccc2-c2ccc(N(c3ccccc3)c3cccc4c3c3oc5ccccc5c3c3sc5ccccc5c43)cc21. The van der Waals surface area contributed by atoms with Gasteiger partial charge in [-0.2, -0.15) is 0 Å². The van der Waals surface area contributed by atoms with Gasteiger partial charge < -0.3 is 9.32 Å². The molecule has 1 aliphatic carbocycles. The van der Waals surface area contributed by atoms with Crippen molar-refractivity contribution in [2.75, 3.05) is 4.90 Å².